The number of hydrogen-bond acceptors (Lipinski definition) is 7. The van der Waals surface area contributed by atoms with Crippen LogP contribution in [0.4, 0.5) is 24.7 Å². The fourth-order valence-electron chi connectivity index (χ4n) is 2.35. The predicted molar refractivity (Wildman–Crippen MR) is 89.7 cm³/mol. The van der Waals surface area contributed by atoms with E-state index in [2.05, 4.69) is 20.2 Å². The van der Waals surface area contributed by atoms with Gasteiger partial charge in [-0.15, -0.1) is 18.1 Å². The van der Waals surface area contributed by atoms with Crippen LogP contribution in [0.25, 0.3) is 0 Å². The molecule has 1 aliphatic carbocycles. The summed E-state index contributed by atoms with van der Waals surface area (Å²) in [6, 6.07) is 4.97. The molecular formula is C16H14F3N3O4S. The second kappa shape index (κ2) is 6.80. The second-order valence-corrected chi connectivity index (χ2v) is 7.89. The van der Waals surface area contributed by atoms with Gasteiger partial charge < -0.3 is 10.1 Å². The zero-order chi connectivity index (χ0) is 19.8. The van der Waals surface area contributed by atoms with Crippen molar-refractivity contribution in [3.8, 4) is 5.75 Å². The largest absolute Gasteiger partial charge is 0.573 e. The van der Waals surface area contributed by atoms with Crippen molar-refractivity contribution in [2.75, 3.05) is 5.32 Å². The molecule has 1 aromatic heterocycles. The number of ether oxygens (including phenoxy) is 1. The number of aryl methyl sites for hydroxylation is 1. The van der Waals surface area contributed by atoms with Crippen molar-refractivity contribution in [1.29, 1.82) is 0 Å². The Hall–Kier alpha value is -2.69. The SMILES string of the molecule is Cc1nc(NC2CC2)c(S(=O)(=O)c2ccc(OC(F)(F)F)cc2)cc1N=O. The number of alkyl halides is 3. The van der Waals surface area contributed by atoms with Crippen molar-refractivity contribution in [2.24, 2.45) is 5.18 Å². The maximum Gasteiger partial charge on any atom is 0.573 e. The Labute approximate surface area is 152 Å². The molecule has 11 heteroatoms. The summed E-state index contributed by atoms with van der Waals surface area (Å²) in [7, 11) is -4.16. The van der Waals surface area contributed by atoms with Crippen LogP contribution in [-0.4, -0.2) is 25.8 Å². The van der Waals surface area contributed by atoms with E-state index >= 15 is 0 Å². The maximum absolute atomic E-state index is 12.9. The number of nitrogens with one attached hydrogen (secondary N) is 1. The monoisotopic (exact) mass is 401 g/mol. The van der Waals surface area contributed by atoms with Gasteiger partial charge in [-0.25, -0.2) is 13.4 Å². The van der Waals surface area contributed by atoms with Gasteiger partial charge in [-0.2, -0.15) is 0 Å². The van der Waals surface area contributed by atoms with Gasteiger partial charge in [0.25, 0.3) is 0 Å². The summed E-state index contributed by atoms with van der Waals surface area (Å²) >= 11 is 0. The lowest BCUT2D eigenvalue weighted by Crippen LogP contribution is -2.17. The van der Waals surface area contributed by atoms with Crippen molar-refractivity contribution >= 4 is 21.3 Å². The summed E-state index contributed by atoms with van der Waals surface area (Å²) in [5.74, 6) is -0.465. The Balaban J connectivity index is 2.01. The molecule has 1 aliphatic rings. The number of sulfone groups is 1. The highest BCUT2D eigenvalue weighted by molar-refractivity contribution is 7.91. The van der Waals surface area contributed by atoms with Gasteiger partial charge in [-0.1, -0.05) is 0 Å². The van der Waals surface area contributed by atoms with Crippen LogP contribution in [0.1, 0.15) is 18.5 Å². The third kappa shape index (κ3) is 4.35. The molecule has 3 rings (SSSR count). The first kappa shape index (κ1) is 19.1. The Bertz CT molecular complexity index is 972. The number of hydrogen-bond donors (Lipinski definition) is 1. The molecule has 0 atom stereocenters. The summed E-state index contributed by atoms with van der Waals surface area (Å²) in [6.45, 7) is 1.52. The summed E-state index contributed by atoms with van der Waals surface area (Å²) in [6.07, 6.45) is -3.16. The fraction of sp³-hybridized carbons (Fsp3) is 0.312. The third-order valence-electron chi connectivity index (χ3n) is 3.83. The molecule has 1 heterocycles. The van der Waals surface area contributed by atoms with E-state index in [1.165, 1.54) is 6.92 Å². The molecule has 0 amide bonds. The lowest BCUT2D eigenvalue weighted by atomic mass is 10.3. The molecule has 0 bridgehead atoms. The van der Waals surface area contributed by atoms with E-state index in [1.807, 2.05) is 0 Å². The van der Waals surface area contributed by atoms with Crippen LogP contribution in [0, 0.1) is 11.8 Å². The van der Waals surface area contributed by atoms with Gasteiger partial charge in [0, 0.05) is 6.04 Å². The highest BCUT2D eigenvalue weighted by Gasteiger charge is 2.32. The van der Waals surface area contributed by atoms with Crippen molar-refractivity contribution < 1.29 is 26.3 Å². The van der Waals surface area contributed by atoms with Crippen molar-refractivity contribution in [3.05, 3.63) is 40.9 Å². The minimum absolute atomic E-state index is 0.0815. The molecule has 27 heavy (non-hydrogen) atoms. The standard InChI is InChI=1S/C16H14F3N3O4S/c1-9-13(22-23)8-14(15(20-9)21-10-2-3-10)27(24,25)12-6-4-11(5-7-12)26-16(17,18)19/h4-8,10H,2-3H2,1H3,(H,20,21). The number of rotatable bonds is 6. The van der Waals surface area contributed by atoms with E-state index in [0.29, 0.717) is 0 Å². The number of nitroso groups, excluding NO2 is 1. The molecule has 144 valence electrons. The molecule has 2 aromatic rings. The number of pyridine rings is 1. The fourth-order valence-corrected chi connectivity index (χ4v) is 3.72. The van der Waals surface area contributed by atoms with E-state index in [9.17, 15) is 26.5 Å². The average Bonchev–Trinajstić information content (AvgIpc) is 3.38. The van der Waals surface area contributed by atoms with Crippen molar-refractivity contribution in [2.45, 2.75) is 42.0 Å². The molecule has 7 nitrogen and oxygen atoms in total. The molecule has 1 fully saturated rings. The summed E-state index contributed by atoms with van der Waals surface area (Å²) in [5.41, 5.74) is 0.132. The molecule has 0 spiro atoms. The predicted octanol–water partition coefficient (Wildman–Crippen LogP) is 4.09. The minimum atomic E-state index is -4.88. The Morgan fingerprint density at radius 1 is 1.22 bits per heavy atom. The molecule has 0 aliphatic heterocycles. The number of nitrogens with zero attached hydrogens (tertiary/aromatic N) is 2. The first-order valence-corrected chi connectivity index (χ1v) is 9.31. The topological polar surface area (TPSA) is 97.7 Å². The molecule has 1 N–H and O–H groups in total. The first-order valence-electron chi connectivity index (χ1n) is 7.82. The number of halogens is 3. The molecule has 0 saturated heterocycles. The smallest absolute Gasteiger partial charge is 0.406 e. The van der Waals surface area contributed by atoms with Crippen LogP contribution in [-0.2, 0) is 9.84 Å². The van der Waals surface area contributed by atoms with E-state index in [-0.39, 0.29) is 33.0 Å². The number of anilines is 1. The van der Waals surface area contributed by atoms with Crippen LogP contribution >= 0.6 is 0 Å². The number of aromatic nitrogens is 1. The normalized spacial score (nSPS) is 14.7. The van der Waals surface area contributed by atoms with E-state index < -0.39 is 21.9 Å². The average molecular weight is 401 g/mol. The van der Waals surface area contributed by atoms with Gasteiger partial charge >= 0.3 is 6.36 Å². The van der Waals surface area contributed by atoms with Gasteiger partial charge in [0.05, 0.1) is 10.6 Å². The van der Waals surface area contributed by atoms with E-state index in [4.69, 9.17) is 0 Å². The van der Waals surface area contributed by atoms with Gasteiger partial charge in [-0.05, 0) is 55.3 Å². The van der Waals surface area contributed by atoms with E-state index in [0.717, 1.165) is 43.2 Å². The molecule has 0 radical (unpaired) electrons. The third-order valence-corrected chi connectivity index (χ3v) is 5.61. The summed E-state index contributed by atoms with van der Waals surface area (Å²) in [4.78, 5) is 14.5. The quantitative estimate of drug-likeness (QED) is 0.732. The van der Waals surface area contributed by atoms with Crippen LogP contribution in [0.15, 0.2) is 45.3 Å². The Morgan fingerprint density at radius 2 is 1.85 bits per heavy atom. The minimum Gasteiger partial charge on any atom is -0.406 e. The van der Waals surface area contributed by atoms with Gasteiger partial charge in [0.15, 0.2) is 0 Å². The Kier molecular flexibility index (Phi) is 4.81. The lowest BCUT2D eigenvalue weighted by molar-refractivity contribution is -0.274. The van der Waals surface area contributed by atoms with Crippen LogP contribution < -0.4 is 10.1 Å². The van der Waals surface area contributed by atoms with Crippen molar-refractivity contribution in [3.63, 3.8) is 0 Å². The molecule has 1 saturated carbocycles. The summed E-state index contributed by atoms with van der Waals surface area (Å²) in [5, 5.41) is 5.77. The first-order chi connectivity index (χ1) is 12.6. The maximum atomic E-state index is 12.9. The second-order valence-electron chi connectivity index (χ2n) is 5.97. The summed E-state index contributed by atoms with van der Waals surface area (Å²) < 4.78 is 66.4. The molecular weight excluding hydrogens is 387 g/mol. The highest BCUT2D eigenvalue weighted by atomic mass is 32.2. The highest BCUT2D eigenvalue weighted by Crippen LogP contribution is 2.35. The van der Waals surface area contributed by atoms with Crippen LogP contribution in [0.2, 0.25) is 0 Å². The van der Waals surface area contributed by atoms with E-state index in [1.54, 1.807) is 0 Å². The van der Waals surface area contributed by atoms with Crippen molar-refractivity contribution in [1.82, 2.24) is 4.98 Å². The lowest BCUT2D eigenvalue weighted by Gasteiger charge is -2.14. The van der Waals surface area contributed by atoms with Crippen LogP contribution in [0.5, 0.6) is 5.75 Å². The van der Waals surface area contributed by atoms with Gasteiger partial charge in [0.2, 0.25) is 9.84 Å². The zero-order valence-corrected chi connectivity index (χ0v) is 14.8. The Morgan fingerprint density at radius 3 is 2.37 bits per heavy atom. The number of benzene rings is 1. The van der Waals surface area contributed by atoms with Crippen LogP contribution in [0.3, 0.4) is 0 Å². The zero-order valence-electron chi connectivity index (χ0n) is 13.9. The van der Waals surface area contributed by atoms with Gasteiger partial charge in [-0.3, -0.25) is 0 Å². The molecule has 0 unspecified atom stereocenters. The molecule has 1 aromatic carbocycles. The van der Waals surface area contributed by atoms with Gasteiger partial charge in [0.1, 0.15) is 22.2 Å².